The van der Waals surface area contributed by atoms with Crippen molar-refractivity contribution < 1.29 is 4.79 Å². The highest BCUT2D eigenvalue weighted by atomic mass is 16.1. The van der Waals surface area contributed by atoms with E-state index in [1.54, 1.807) is 57.4 Å². The lowest BCUT2D eigenvalue weighted by Crippen LogP contribution is -2.23. The molecule has 0 radical (unpaired) electrons. The molecule has 5 aromatic rings. The summed E-state index contributed by atoms with van der Waals surface area (Å²) in [7, 11) is 1.86. The zero-order valence-corrected chi connectivity index (χ0v) is 19.8. The highest BCUT2D eigenvalue weighted by molar-refractivity contribution is 5.94. The Balaban J connectivity index is 1.32. The van der Waals surface area contributed by atoms with Gasteiger partial charge in [0.1, 0.15) is 5.82 Å². The molecule has 0 bridgehead atoms. The fourth-order valence-electron chi connectivity index (χ4n) is 3.55. The van der Waals surface area contributed by atoms with Crippen LogP contribution in [0.1, 0.15) is 32.7 Å². The number of hydrogen-bond donors (Lipinski definition) is 2. The number of nitrogens with zero attached hydrogens (tertiary/aromatic N) is 7. The summed E-state index contributed by atoms with van der Waals surface area (Å²) in [6.07, 6.45) is 10.6. The average molecular weight is 478 g/mol. The van der Waals surface area contributed by atoms with Crippen LogP contribution in [0.5, 0.6) is 0 Å². The van der Waals surface area contributed by atoms with Crippen molar-refractivity contribution in [1.82, 2.24) is 39.9 Å². The molecule has 4 heterocycles. The Kier molecular flexibility index (Phi) is 6.03. The Hall–Kier alpha value is -5.17. The first-order chi connectivity index (χ1) is 17.5. The van der Waals surface area contributed by atoms with E-state index in [9.17, 15) is 4.79 Å². The molecule has 0 unspecified atom stereocenters. The molecule has 0 aliphatic rings. The maximum atomic E-state index is 12.8. The Morgan fingerprint density at radius 3 is 2.67 bits per heavy atom. The number of hydrogen-bond acceptors (Lipinski definition) is 6. The molecule has 0 saturated heterocycles. The van der Waals surface area contributed by atoms with Crippen molar-refractivity contribution in [2.24, 2.45) is 7.05 Å². The molecule has 0 saturated carbocycles. The predicted octanol–water partition coefficient (Wildman–Crippen LogP) is 2.41. The summed E-state index contributed by atoms with van der Waals surface area (Å²) in [5.74, 6) is 6.38. The fourth-order valence-corrected chi connectivity index (χ4v) is 3.55. The van der Waals surface area contributed by atoms with Crippen LogP contribution in [0.25, 0.3) is 11.1 Å². The van der Waals surface area contributed by atoms with Gasteiger partial charge in [0.05, 0.1) is 42.6 Å². The van der Waals surface area contributed by atoms with E-state index in [0.717, 1.165) is 22.3 Å². The number of nitrogen functional groups attached to an aromatic ring is 1. The predicted molar refractivity (Wildman–Crippen MR) is 134 cm³/mol. The first-order valence-corrected chi connectivity index (χ1v) is 11.2. The summed E-state index contributed by atoms with van der Waals surface area (Å²) < 4.78 is 1.72. The Labute approximate surface area is 207 Å². The smallest absolute Gasteiger partial charge is 0.251 e. The number of anilines is 1. The van der Waals surface area contributed by atoms with E-state index in [4.69, 9.17) is 5.73 Å². The van der Waals surface area contributed by atoms with Gasteiger partial charge in [-0.05, 0) is 42.8 Å². The quantitative estimate of drug-likeness (QED) is 0.375. The van der Waals surface area contributed by atoms with E-state index in [1.165, 1.54) is 0 Å². The van der Waals surface area contributed by atoms with Gasteiger partial charge in [-0.2, -0.15) is 24.9 Å². The molecule has 0 fully saturated rings. The number of nitrogens with two attached hydrogens (primary N) is 1. The number of aromatic nitrogens is 7. The van der Waals surface area contributed by atoms with Crippen LogP contribution in [-0.2, 0) is 13.6 Å². The highest BCUT2D eigenvalue weighted by Crippen LogP contribution is 2.21. The van der Waals surface area contributed by atoms with Crippen molar-refractivity contribution in [3.8, 4) is 23.0 Å². The number of aryl methyl sites for hydroxylation is 2. The second-order valence-corrected chi connectivity index (χ2v) is 8.18. The minimum absolute atomic E-state index is 0.216. The molecule has 1 amide bonds. The summed E-state index contributed by atoms with van der Waals surface area (Å²) >= 11 is 0. The zero-order valence-electron chi connectivity index (χ0n) is 19.8. The van der Waals surface area contributed by atoms with Crippen LogP contribution in [0.2, 0.25) is 0 Å². The topological polar surface area (TPSA) is 121 Å². The number of benzene rings is 1. The second kappa shape index (κ2) is 9.60. The molecule has 0 aliphatic carbocycles. The third kappa shape index (κ3) is 4.85. The zero-order chi connectivity index (χ0) is 25.1. The largest absolute Gasteiger partial charge is 0.383 e. The SMILES string of the molecule is Cc1ccc(C(=O)NCc2ccn(-n3cccn3)n2)cc1C#Cc1cc(-c2cnn(C)c2)cnc1N. The van der Waals surface area contributed by atoms with Crippen LogP contribution in [-0.4, -0.2) is 40.5 Å². The Bertz CT molecular complexity index is 1600. The van der Waals surface area contributed by atoms with Gasteiger partial charge in [-0.15, -0.1) is 0 Å². The van der Waals surface area contributed by atoms with E-state index < -0.39 is 0 Å². The number of carbonyl (C=O) groups excluding carboxylic acids is 1. The lowest BCUT2D eigenvalue weighted by molar-refractivity contribution is 0.0950. The maximum Gasteiger partial charge on any atom is 0.251 e. The summed E-state index contributed by atoms with van der Waals surface area (Å²) in [4.78, 5) is 20.3. The standard InChI is InChI=1S/C26H23N9O/c1-18-4-5-21(26(36)29-16-24-8-11-35(32-24)34-10-3-9-30-34)12-19(18)6-7-20-13-22(14-28-25(20)27)23-15-31-33(2)17-23/h3-5,8-15,17H,16H2,1-2H3,(H2,27,28)(H,29,36). The van der Waals surface area contributed by atoms with E-state index in [1.807, 2.05) is 44.4 Å². The monoisotopic (exact) mass is 477 g/mol. The molecule has 4 aromatic heterocycles. The van der Waals surface area contributed by atoms with Gasteiger partial charge < -0.3 is 11.1 Å². The van der Waals surface area contributed by atoms with E-state index in [2.05, 4.69) is 37.4 Å². The van der Waals surface area contributed by atoms with Crippen molar-refractivity contribution >= 4 is 11.7 Å². The molecule has 10 heteroatoms. The van der Waals surface area contributed by atoms with Crippen LogP contribution in [0.4, 0.5) is 5.82 Å². The second-order valence-electron chi connectivity index (χ2n) is 8.18. The van der Waals surface area contributed by atoms with Gasteiger partial charge in [-0.1, -0.05) is 17.9 Å². The fraction of sp³-hybridized carbons (Fsp3) is 0.115. The van der Waals surface area contributed by atoms with Crippen LogP contribution in [0.3, 0.4) is 0 Å². The Morgan fingerprint density at radius 2 is 1.89 bits per heavy atom. The van der Waals surface area contributed by atoms with E-state index in [0.29, 0.717) is 22.6 Å². The molecule has 5 rings (SSSR count). The first kappa shape index (κ1) is 22.6. The number of pyridine rings is 1. The third-order valence-electron chi connectivity index (χ3n) is 5.55. The van der Waals surface area contributed by atoms with E-state index >= 15 is 0 Å². The van der Waals surface area contributed by atoms with E-state index in [-0.39, 0.29) is 12.5 Å². The minimum Gasteiger partial charge on any atom is -0.383 e. The molecule has 0 spiro atoms. The number of carbonyl (C=O) groups is 1. The summed E-state index contributed by atoms with van der Waals surface area (Å²) in [6.45, 7) is 2.23. The molecular formula is C26H23N9O. The van der Waals surface area contributed by atoms with Gasteiger partial charge in [0.2, 0.25) is 0 Å². The van der Waals surface area contributed by atoms with Gasteiger partial charge in [-0.3, -0.25) is 9.48 Å². The number of nitrogens with one attached hydrogen (secondary N) is 1. The lowest BCUT2D eigenvalue weighted by Gasteiger charge is -2.06. The summed E-state index contributed by atoms with van der Waals surface area (Å²) in [5, 5.41) is 15.6. The van der Waals surface area contributed by atoms with Gasteiger partial charge >= 0.3 is 0 Å². The molecule has 1 aromatic carbocycles. The van der Waals surface area contributed by atoms with Crippen molar-refractivity contribution in [3.63, 3.8) is 0 Å². The number of amides is 1. The number of rotatable bonds is 5. The van der Waals surface area contributed by atoms with Gasteiger partial charge in [-0.25, -0.2) is 4.98 Å². The molecule has 0 aliphatic heterocycles. The van der Waals surface area contributed by atoms with Crippen molar-refractivity contribution in [1.29, 1.82) is 0 Å². The molecule has 10 nitrogen and oxygen atoms in total. The van der Waals surface area contributed by atoms with Gasteiger partial charge in [0, 0.05) is 41.7 Å². The molecular weight excluding hydrogens is 454 g/mol. The first-order valence-electron chi connectivity index (χ1n) is 11.2. The molecule has 3 N–H and O–H groups in total. The third-order valence-corrected chi connectivity index (χ3v) is 5.55. The van der Waals surface area contributed by atoms with Gasteiger partial charge in [0.15, 0.2) is 0 Å². The molecule has 178 valence electrons. The summed E-state index contributed by atoms with van der Waals surface area (Å²) in [6, 6.07) is 10.9. The molecule has 0 atom stereocenters. The highest BCUT2D eigenvalue weighted by Gasteiger charge is 2.10. The average Bonchev–Trinajstić information content (AvgIpc) is 3.65. The van der Waals surface area contributed by atoms with Crippen LogP contribution in [0, 0.1) is 18.8 Å². The lowest BCUT2D eigenvalue weighted by atomic mass is 10.0. The normalized spacial score (nSPS) is 10.6. The van der Waals surface area contributed by atoms with Crippen LogP contribution in [0.15, 0.2) is 73.6 Å². The van der Waals surface area contributed by atoms with Crippen LogP contribution >= 0.6 is 0 Å². The van der Waals surface area contributed by atoms with Crippen molar-refractivity contribution in [2.45, 2.75) is 13.5 Å². The summed E-state index contributed by atoms with van der Waals surface area (Å²) in [5.41, 5.74) is 11.4. The minimum atomic E-state index is -0.216. The van der Waals surface area contributed by atoms with Crippen molar-refractivity contribution in [2.75, 3.05) is 5.73 Å². The van der Waals surface area contributed by atoms with Crippen LogP contribution < -0.4 is 11.1 Å². The maximum absolute atomic E-state index is 12.8. The molecule has 36 heavy (non-hydrogen) atoms. The Morgan fingerprint density at radius 1 is 1.03 bits per heavy atom. The van der Waals surface area contributed by atoms with Gasteiger partial charge in [0.25, 0.3) is 5.91 Å². The van der Waals surface area contributed by atoms with Crippen molar-refractivity contribution in [3.05, 3.63) is 102 Å².